The van der Waals surface area contributed by atoms with Crippen molar-refractivity contribution in [3.05, 3.63) is 29.4 Å². The molecule has 0 saturated heterocycles. The first-order valence-electron chi connectivity index (χ1n) is 5.70. The van der Waals surface area contributed by atoms with Crippen molar-refractivity contribution >= 4 is 11.1 Å². The van der Waals surface area contributed by atoms with E-state index < -0.39 is 0 Å². The average molecular weight is 225 g/mol. The molecule has 0 saturated carbocycles. The third kappa shape index (κ3) is 3.33. The number of hydrogen-bond donors (Lipinski definition) is 0. The second kappa shape index (κ2) is 6.99. The van der Waals surface area contributed by atoms with Crippen LogP contribution in [0.5, 0.6) is 0 Å². The van der Waals surface area contributed by atoms with E-state index in [-0.39, 0.29) is 5.82 Å². The van der Waals surface area contributed by atoms with Crippen LogP contribution < -0.4 is 0 Å². The van der Waals surface area contributed by atoms with Gasteiger partial charge in [-0.1, -0.05) is 27.7 Å². The second-order valence-electron chi connectivity index (χ2n) is 2.83. The zero-order valence-electron chi connectivity index (χ0n) is 10.9. The topological polar surface area (TPSA) is 26.0 Å². The van der Waals surface area contributed by atoms with E-state index in [9.17, 15) is 4.39 Å². The lowest BCUT2D eigenvalue weighted by molar-refractivity contribution is 0.560. The maximum atomic E-state index is 13.1. The standard InChI is InChI=1S/C9H8FNO.2C2H6/c1-5-3-7(10)9-8(4-5)12-6(2)11-9;2*1-2/h3-4H,1-2H3;2*1-2H3. The van der Waals surface area contributed by atoms with E-state index in [1.165, 1.54) is 6.07 Å². The van der Waals surface area contributed by atoms with Crippen LogP contribution in [0.25, 0.3) is 11.1 Å². The van der Waals surface area contributed by atoms with Gasteiger partial charge in [0.25, 0.3) is 0 Å². The third-order valence-electron chi connectivity index (χ3n) is 1.70. The molecule has 1 aromatic heterocycles. The highest BCUT2D eigenvalue weighted by Gasteiger charge is 2.07. The number of nitrogens with zero attached hydrogens (tertiary/aromatic N) is 1. The van der Waals surface area contributed by atoms with Crippen molar-refractivity contribution in [3.63, 3.8) is 0 Å². The molecule has 0 spiro atoms. The second-order valence-corrected chi connectivity index (χ2v) is 2.83. The minimum Gasteiger partial charge on any atom is -0.441 e. The van der Waals surface area contributed by atoms with Gasteiger partial charge in [0.2, 0.25) is 0 Å². The summed E-state index contributed by atoms with van der Waals surface area (Å²) < 4.78 is 18.3. The molecule has 16 heavy (non-hydrogen) atoms. The van der Waals surface area contributed by atoms with Crippen molar-refractivity contribution in [2.24, 2.45) is 0 Å². The first-order valence-corrected chi connectivity index (χ1v) is 5.70. The Labute approximate surface area is 96.5 Å². The summed E-state index contributed by atoms with van der Waals surface area (Å²) in [6.45, 7) is 11.5. The Balaban J connectivity index is 0.000000509. The summed E-state index contributed by atoms with van der Waals surface area (Å²) in [5.41, 5.74) is 1.68. The van der Waals surface area contributed by atoms with Gasteiger partial charge in [0.05, 0.1) is 0 Å². The summed E-state index contributed by atoms with van der Waals surface area (Å²) in [6, 6.07) is 3.22. The Hall–Kier alpha value is -1.38. The van der Waals surface area contributed by atoms with E-state index in [1.54, 1.807) is 13.0 Å². The summed E-state index contributed by atoms with van der Waals surface area (Å²) in [7, 11) is 0. The van der Waals surface area contributed by atoms with Gasteiger partial charge in [-0.25, -0.2) is 9.37 Å². The molecular formula is C13H20FNO. The van der Waals surface area contributed by atoms with Crippen molar-refractivity contribution in [2.45, 2.75) is 41.5 Å². The molecule has 0 aliphatic heterocycles. The van der Waals surface area contributed by atoms with Gasteiger partial charge in [0.15, 0.2) is 17.3 Å². The van der Waals surface area contributed by atoms with Gasteiger partial charge >= 0.3 is 0 Å². The highest BCUT2D eigenvalue weighted by atomic mass is 19.1. The van der Waals surface area contributed by atoms with Gasteiger partial charge in [0.1, 0.15) is 5.52 Å². The quantitative estimate of drug-likeness (QED) is 0.653. The van der Waals surface area contributed by atoms with Crippen LogP contribution in [0.4, 0.5) is 4.39 Å². The molecular weight excluding hydrogens is 205 g/mol. The number of halogens is 1. The van der Waals surface area contributed by atoms with Crippen molar-refractivity contribution in [3.8, 4) is 0 Å². The number of rotatable bonds is 0. The predicted octanol–water partition coefficient (Wildman–Crippen LogP) is 4.64. The number of oxazole rings is 1. The maximum Gasteiger partial charge on any atom is 0.192 e. The average Bonchev–Trinajstić information content (AvgIpc) is 2.65. The molecule has 3 heteroatoms. The number of aryl methyl sites for hydroxylation is 2. The van der Waals surface area contributed by atoms with Gasteiger partial charge in [0, 0.05) is 6.92 Å². The first-order chi connectivity index (χ1) is 7.66. The maximum absolute atomic E-state index is 13.1. The molecule has 0 amide bonds. The molecule has 0 aliphatic rings. The molecule has 0 bridgehead atoms. The van der Waals surface area contributed by atoms with Crippen molar-refractivity contribution in [1.82, 2.24) is 4.98 Å². The van der Waals surface area contributed by atoms with Crippen LogP contribution in [0, 0.1) is 19.7 Å². The lowest BCUT2D eigenvalue weighted by Crippen LogP contribution is -1.79. The molecule has 2 rings (SSSR count). The fourth-order valence-corrected chi connectivity index (χ4v) is 1.23. The van der Waals surface area contributed by atoms with Crippen LogP contribution in [0.2, 0.25) is 0 Å². The van der Waals surface area contributed by atoms with Crippen LogP contribution in [-0.4, -0.2) is 4.98 Å². The summed E-state index contributed by atoms with van der Waals surface area (Å²) in [6.07, 6.45) is 0. The van der Waals surface area contributed by atoms with Crippen LogP contribution >= 0.6 is 0 Å². The Morgan fingerprint density at radius 1 is 1.06 bits per heavy atom. The number of benzene rings is 1. The van der Waals surface area contributed by atoms with Crippen LogP contribution in [0.3, 0.4) is 0 Å². The summed E-state index contributed by atoms with van der Waals surface area (Å²) in [4.78, 5) is 3.91. The number of fused-ring (bicyclic) bond motifs is 1. The van der Waals surface area contributed by atoms with E-state index in [4.69, 9.17) is 4.42 Å². The molecule has 0 unspecified atom stereocenters. The highest BCUT2D eigenvalue weighted by molar-refractivity contribution is 5.74. The number of aromatic nitrogens is 1. The van der Waals surface area contributed by atoms with Gasteiger partial charge < -0.3 is 4.42 Å². The molecule has 0 atom stereocenters. The molecule has 2 aromatic rings. The van der Waals surface area contributed by atoms with Crippen molar-refractivity contribution < 1.29 is 8.81 Å². The lowest BCUT2D eigenvalue weighted by atomic mass is 10.2. The normalized spacial score (nSPS) is 8.94. The van der Waals surface area contributed by atoms with Crippen molar-refractivity contribution in [1.29, 1.82) is 0 Å². The van der Waals surface area contributed by atoms with Gasteiger partial charge in [-0.2, -0.15) is 0 Å². The zero-order chi connectivity index (χ0) is 12.7. The van der Waals surface area contributed by atoms with Crippen LogP contribution in [0.15, 0.2) is 16.5 Å². The molecule has 2 nitrogen and oxygen atoms in total. The van der Waals surface area contributed by atoms with Crippen LogP contribution in [-0.2, 0) is 0 Å². The number of hydrogen-bond acceptors (Lipinski definition) is 2. The summed E-state index contributed by atoms with van der Waals surface area (Å²) >= 11 is 0. The minimum atomic E-state index is -0.318. The van der Waals surface area contributed by atoms with Gasteiger partial charge in [-0.3, -0.25) is 0 Å². The molecule has 0 aliphatic carbocycles. The van der Waals surface area contributed by atoms with E-state index in [0.29, 0.717) is 17.0 Å². The largest absolute Gasteiger partial charge is 0.441 e. The van der Waals surface area contributed by atoms with E-state index in [2.05, 4.69) is 4.98 Å². The highest BCUT2D eigenvalue weighted by Crippen LogP contribution is 2.19. The fourth-order valence-electron chi connectivity index (χ4n) is 1.23. The molecule has 0 N–H and O–H groups in total. The molecule has 0 radical (unpaired) electrons. The monoisotopic (exact) mass is 225 g/mol. The molecule has 90 valence electrons. The summed E-state index contributed by atoms with van der Waals surface area (Å²) in [5.74, 6) is 0.177. The van der Waals surface area contributed by atoms with E-state index in [0.717, 1.165) is 5.56 Å². The summed E-state index contributed by atoms with van der Waals surface area (Å²) in [5, 5.41) is 0. The lowest BCUT2D eigenvalue weighted by Gasteiger charge is -1.91. The molecule has 1 heterocycles. The fraction of sp³-hybridized carbons (Fsp3) is 0.462. The SMILES string of the molecule is CC.CC.Cc1cc(F)c2nc(C)oc2c1. The Kier molecular flexibility index (Phi) is 6.38. The first kappa shape index (κ1) is 14.6. The molecule has 0 fully saturated rings. The predicted molar refractivity (Wildman–Crippen MR) is 66.1 cm³/mol. The van der Waals surface area contributed by atoms with Gasteiger partial charge in [-0.05, 0) is 24.6 Å². The molecule has 1 aromatic carbocycles. The smallest absolute Gasteiger partial charge is 0.192 e. The van der Waals surface area contributed by atoms with Crippen molar-refractivity contribution in [2.75, 3.05) is 0 Å². The van der Waals surface area contributed by atoms with Gasteiger partial charge in [-0.15, -0.1) is 0 Å². The van der Waals surface area contributed by atoms with E-state index >= 15 is 0 Å². The minimum absolute atomic E-state index is 0.318. The van der Waals surface area contributed by atoms with Crippen LogP contribution in [0.1, 0.15) is 39.1 Å². The Morgan fingerprint density at radius 3 is 2.19 bits per heavy atom. The zero-order valence-corrected chi connectivity index (χ0v) is 10.9. The van der Waals surface area contributed by atoms with E-state index in [1.807, 2.05) is 34.6 Å². The third-order valence-corrected chi connectivity index (χ3v) is 1.70. The Bertz CT molecular complexity index is 435. The Morgan fingerprint density at radius 2 is 1.62 bits per heavy atom.